The highest BCUT2D eigenvalue weighted by Gasteiger charge is 2.40. The Balaban J connectivity index is 1.72. The quantitative estimate of drug-likeness (QED) is 0.560. The number of fused-ring (bicyclic) bond motifs is 1. The minimum atomic E-state index is -0.260. The molecule has 0 N–H and O–H groups in total. The Morgan fingerprint density at radius 2 is 1.87 bits per heavy atom. The number of ether oxygens (including phenoxy) is 1. The standard InChI is InChI=1S/C25H32N4O/c1-24(2,3)15-22-27-23(29(28-22)21-12-13-30-25(21,4)5)18-14-20(16-10-11-16)26-19-9-7-6-8-17(18)19/h6-9,14,16,21H,10-13,15H2,1-5H3. The fraction of sp³-hybridized carbons (Fsp3) is 0.560. The van der Waals surface area contributed by atoms with E-state index in [2.05, 4.69) is 69.6 Å². The lowest BCUT2D eigenvalue weighted by molar-refractivity contribution is 0.0121. The van der Waals surface area contributed by atoms with Crippen molar-refractivity contribution in [1.82, 2.24) is 19.7 Å². The molecule has 2 aliphatic rings. The summed E-state index contributed by atoms with van der Waals surface area (Å²) in [4.78, 5) is 10.1. The first-order valence-electron chi connectivity index (χ1n) is 11.2. The average molecular weight is 405 g/mol. The van der Waals surface area contributed by atoms with Gasteiger partial charge in [0.2, 0.25) is 0 Å². The second-order valence-corrected chi connectivity index (χ2v) is 10.7. The molecule has 5 rings (SSSR count). The van der Waals surface area contributed by atoms with Gasteiger partial charge in [0, 0.05) is 35.6 Å². The van der Waals surface area contributed by atoms with Crippen LogP contribution in [-0.2, 0) is 11.2 Å². The molecule has 158 valence electrons. The summed E-state index contributed by atoms with van der Waals surface area (Å²) < 4.78 is 8.23. The second kappa shape index (κ2) is 6.88. The Hall–Kier alpha value is -2.27. The van der Waals surface area contributed by atoms with E-state index >= 15 is 0 Å². The first-order chi connectivity index (χ1) is 14.2. The molecule has 3 heterocycles. The van der Waals surface area contributed by atoms with Crippen molar-refractivity contribution >= 4 is 10.9 Å². The van der Waals surface area contributed by atoms with Crippen LogP contribution in [0.3, 0.4) is 0 Å². The molecule has 0 radical (unpaired) electrons. The van der Waals surface area contributed by atoms with E-state index in [1.54, 1.807) is 0 Å². The van der Waals surface area contributed by atoms with Crippen molar-refractivity contribution in [3.63, 3.8) is 0 Å². The number of rotatable bonds is 4. The van der Waals surface area contributed by atoms with Crippen LogP contribution in [0.5, 0.6) is 0 Å². The summed E-state index contributed by atoms with van der Waals surface area (Å²) in [6.45, 7) is 11.8. The molecule has 2 fully saturated rings. The maximum absolute atomic E-state index is 6.07. The summed E-state index contributed by atoms with van der Waals surface area (Å²) in [5, 5.41) is 6.20. The largest absolute Gasteiger partial charge is 0.373 e. The molecule has 3 aromatic rings. The molecule has 2 aromatic heterocycles. The van der Waals surface area contributed by atoms with Crippen LogP contribution in [0.25, 0.3) is 22.3 Å². The lowest BCUT2D eigenvalue weighted by atomic mass is 9.92. The highest BCUT2D eigenvalue weighted by molar-refractivity contribution is 5.93. The third kappa shape index (κ3) is 3.64. The molecule has 0 bridgehead atoms. The first kappa shape index (κ1) is 19.7. The zero-order valence-electron chi connectivity index (χ0n) is 18.8. The molecule has 0 amide bonds. The van der Waals surface area contributed by atoms with Crippen molar-refractivity contribution in [3.05, 3.63) is 41.9 Å². The van der Waals surface area contributed by atoms with Crippen molar-refractivity contribution in [2.75, 3.05) is 6.61 Å². The zero-order chi connectivity index (χ0) is 21.1. The predicted octanol–water partition coefficient (Wildman–Crippen LogP) is 5.70. The Morgan fingerprint density at radius 1 is 1.10 bits per heavy atom. The maximum Gasteiger partial charge on any atom is 0.159 e. The first-order valence-corrected chi connectivity index (χ1v) is 11.2. The Morgan fingerprint density at radius 3 is 2.53 bits per heavy atom. The molecule has 0 spiro atoms. The number of benzene rings is 1. The highest BCUT2D eigenvalue weighted by atomic mass is 16.5. The summed E-state index contributed by atoms with van der Waals surface area (Å²) in [5.74, 6) is 2.46. The molecule has 1 aliphatic carbocycles. The van der Waals surface area contributed by atoms with E-state index < -0.39 is 0 Å². The number of hydrogen-bond donors (Lipinski definition) is 0. The number of para-hydroxylation sites is 1. The molecule has 1 saturated carbocycles. The lowest BCUT2D eigenvalue weighted by Gasteiger charge is -2.27. The van der Waals surface area contributed by atoms with E-state index in [1.165, 1.54) is 18.5 Å². The van der Waals surface area contributed by atoms with E-state index in [0.29, 0.717) is 5.92 Å². The van der Waals surface area contributed by atoms with Gasteiger partial charge in [-0.15, -0.1) is 0 Å². The number of pyridine rings is 1. The van der Waals surface area contributed by atoms with Gasteiger partial charge < -0.3 is 4.74 Å². The Bertz CT molecular complexity index is 1090. The van der Waals surface area contributed by atoms with E-state index in [4.69, 9.17) is 19.8 Å². The van der Waals surface area contributed by atoms with Crippen molar-refractivity contribution in [1.29, 1.82) is 0 Å². The van der Waals surface area contributed by atoms with E-state index in [0.717, 1.165) is 47.6 Å². The van der Waals surface area contributed by atoms with Gasteiger partial charge in [-0.25, -0.2) is 9.67 Å². The fourth-order valence-electron chi connectivity index (χ4n) is 4.58. The SMILES string of the molecule is CC(C)(C)Cc1nc(-c2cc(C3CC3)nc3ccccc23)n(C2CCOC2(C)C)n1. The molecule has 1 aliphatic heterocycles. The van der Waals surface area contributed by atoms with Gasteiger partial charge in [-0.1, -0.05) is 39.0 Å². The molecular formula is C25H32N4O. The van der Waals surface area contributed by atoms with Crippen molar-refractivity contribution in [2.45, 2.75) is 77.9 Å². The number of aromatic nitrogens is 4. The van der Waals surface area contributed by atoms with Crippen molar-refractivity contribution in [3.8, 4) is 11.4 Å². The summed E-state index contributed by atoms with van der Waals surface area (Å²) in [6.07, 6.45) is 4.27. The third-order valence-corrected chi connectivity index (χ3v) is 6.30. The van der Waals surface area contributed by atoms with Crippen LogP contribution < -0.4 is 0 Å². The average Bonchev–Trinajstić information content (AvgIpc) is 3.36. The van der Waals surface area contributed by atoms with Gasteiger partial charge >= 0.3 is 0 Å². The topological polar surface area (TPSA) is 52.8 Å². The molecule has 5 nitrogen and oxygen atoms in total. The van der Waals surface area contributed by atoms with E-state index in [-0.39, 0.29) is 17.1 Å². The van der Waals surface area contributed by atoms with Crippen LogP contribution in [0.1, 0.15) is 77.4 Å². The van der Waals surface area contributed by atoms with Gasteiger partial charge in [0.05, 0.1) is 17.2 Å². The van der Waals surface area contributed by atoms with E-state index in [1.807, 2.05) is 0 Å². The van der Waals surface area contributed by atoms with Crippen LogP contribution in [0.4, 0.5) is 0 Å². The predicted molar refractivity (Wildman–Crippen MR) is 120 cm³/mol. The summed E-state index contributed by atoms with van der Waals surface area (Å²) in [7, 11) is 0. The zero-order valence-corrected chi connectivity index (χ0v) is 18.8. The molecule has 1 aromatic carbocycles. The number of nitrogens with zero attached hydrogens (tertiary/aromatic N) is 4. The Kier molecular flexibility index (Phi) is 4.51. The van der Waals surface area contributed by atoms with Gasteiger partial charge in [0.15, 0.2) is 11.6 Å². The highest BCUT2D eigenvalue weighted by Crippen LogP contribution is 2.43. The van der Waals surface area contributed by atoms with Crippen LogP contribution >= 0.6 is 0 Å². The summed E-state index contributed by atoms with van der Waals surface area (Å²) in [5.41, 5.74) is 3.26. The van der Waals surface area contributed by atoms with Gasteiger partial charge in [-0.2, -0.15) is 5.10 Å². The molecule has 30 heavy (non-hydrogen) atoms. The van der Waals surface area contributed by atoms with Crippen LogP contribution in [0, 0.1) is 5.41 Å². The third-order valence-electron chi connectivity index (χ3n) is 6.30. The monoisotopic (exact) mass is 404 g/mol. The van der Waals surface area contributed by atoms with Gasteiger partial charge in [0.1, 0.15) is 0 Å². The minimum absolute atomic E-state index is 0.130. The normalized spacial score (nSPS) is 21.4. The summed E-state index contributed by atoms with van der Waals surface area (Å²) >= 11 is 0. The molecule has 1 unspecified atom stereocenters. The van der Waals surface area contributed by atoms with Gasteiger partial charge in [-0.05, 0) is 50.7 Å². The molecular weight excluding hydrogens is 372 g/mol. The maximum atomic E-state index is 6.07. The molecule has 1 saturated heterocycles. The van der Waals surface area contributed by atoms with E-state index in [9.17, 15) is 0 Å². The van der Waals surface area contributed by atoms with Gasteiger partial charge in [0.25, 0.3) is 0 Å². The smallest absolute Gasteiger partial charge is 0.159 e. The minimum Gasteiger partial charge on any atom is -0.373 e. The molecule has 5 heteroatoms. The lowest BCUT2D eigenvalue weighted by Crippen LogP contribution is -2.31. The number of hydrogen-bond acceptors (Lipinski definition) is 4. The fourth-order valence-corrected chi connectivity index (χ4v) is 4.58. The van der Waals surface area contributed by atoms with Crippen molar-refractivity contribution < 1.29 is 4.74 Å². The summed E-state index contributed by atoms with van der Waals surface area (Å²) in [6, 6.07) is 10.9. The van der Waals surface area contributed by atoms with Gasteiger partial charge in [-0.3, -0.25) is 4.98 Å². The van der Waals surface area contributed by atoms with Crippen molar-refractivity contribution in [2.24, 2.45) is 5.41 Å². The van der Waals surface area contributed by atoms with Crippen LogP contribution in [0.2, 0.25) is 0 Å². The molecule has 1 atom stereocenters. The second-order valence-electron chi connectivity index (χ2n) is 10.7. The Labute approximate surface area is 178 Å². The van der Waals surface area contributed by atoms with Crippen LogP contribution in [-0.4, -0.2) is 32.0 Å². The van der Waals surface area contributed by atoms with Crippen LogP contribution in [0.15, 0.2) is 30.3 Å².